The zero-order valence-corrected chi connectivity index (χ0v) is 15.3. The van der Waals surface area contributed by atoms with Gasteiger partial charge in [0, 0.05) is 29.7 Å². The highest BCUT2D eigenvalue weighted by atomic mass is 35.5. The van der Waals surface area contributed by atoms with Crippen molar-refractivity contribution in [3.05, 3.63) is 46.6 Å². The molecule has 5 nitrogen and oxygen atoms in total. The number of nitrogens with zero attached hydrogens (tertiary/aromatic N) is 1. The van der Waals surface area contributed by atoms with Gasteiger partial charge in [0.1, 0.15) is 0 Å². The number of nitrogens with one attached hydrogen (secondary N) is 2. The van der Waals surface area contributed by atoms with E-state index in [1.807, 2.05) is 50.5 Å². The van der Waals surface area contributed by atoms with Crippen molar-refractivity contribution in [1.29, 1.82) is 0 Å². The first kappa shape index (κ1) is 20.1. The molecule has 3 rings (SSSR count). The van der Waals surface area contributed by atoms with Gasteiger partial charge in [-0.2, -0.15) is 0 Å². The first-order valence-corrected chi connectivity index (χ1v) is 7.30. The number of pyridine rings is 1. The molecule has 130 valence electrons. The van der Waals surface area contributed by atoms with Crippen LogP contribution in [0.5, 0.6) is 0 Å². The highest BCUT2D eigenvalue weighted by Crippen LogP contribution is 2.26. The summed E-state index contributed by atoms with van der Waals surface area (Å²) < 4.78 is 0. The van der Waals surface area contributed by atoms with Crippen LogP contribution >= 0.6 is 24.8 Å². The third-order valence-corrected chi connectivity index (χ3v) is 3.77. The van der Waals surface area contributed by atoms with Gasteiger partial charge in [-0.1, -0.05) is 12.1 Å². The van der Waals surface area contributed by atoms with Gasteiger partial charge in [-0.3, -0.25) is 4.79 Å². The number of nitrogen functional groups attached to an aromatic ring is 1. The number of hydrogen-bond acceptors (Lipinski definition) is 4. The maximum absolute atomic E-state index is 12.8. The molecule has 4 N–H and O–H groups in total. The predicted molar refractivity (Wildman–Crippen MR) is 108 cm³/mol. The van der Waals surface area contributed by atoms with E-state index >= 15 is 0 Å². The fourth-order valence-electron chi connectivity index (χ4n) is 2.61. The molecule has 1 aromatic heterocycles. The topological polar surface area (TPSA) is 74.2 Å². The number of aromatic amines is 1. The van der Waals surface area contributed by atoms with E-state index in [0.717, 1.165) is 24.3 Å². The molecule has 0 bridgehead atoms. The van der Waals surface area contributed by atoms with Crippen molar-refractivity contribution in [1.82, 2.24) is 9.88 Å². The van der Waals surface area contributed by atoms with E-state index in [9.17, 15) is 4.79 Å². The van der Waals surface area contributed by atoms with Gasteiger partial charge in [-0.15, -0.1) is 24.8 Å². The maximum Gasteiger partial charge on any atom is 0.199 e. The number of anilines is 2. The molecular weight excluding hydrogens is 347 g/mol. The Kier molecular flexibility index (Phi) is 6.90. The summed E-state index contributed by atoms with van der Waals surface area (Å²) in [6.07, 6.45) is 0. The second-order valence-corrected chi connectivity index (χ2v) is 5.68. The Morgan fingerprint density at radius 2 is 1.83 bits per heavy atom. The summed E-state index contributed by atoms with van der Waals surface area (Å²) in [5.74, 6) is 0. The summed E-state index contributed by atoms with van der Waals surface area (Å²) in [4.78, 5) is 18.2. The molecule has 0 unspecified atom stereocenters. The van der Waals surface area contributed by atoms with Crippen LogP contribution in [-0.4, -0.2) is 37.1 Å². The number of para-hydroxylation sites is 1. The van der Waals surface area contributed by atoms with Crippen molar-refractivity contribution in [2.24, 2.45) is 0 Å². The van der Waals surface area contributed by atoms with Gasteiger partial charge in [-0.05, 0) is 38.4 Å². The summed E-state index contributed by atoms with van der Waals surface area (Å²) in [5, 5.41) is 4.63. The van der Waals surface area contributed by atoms with Gasteiger partial charge in [0.2, 0.25) is 0 Å². The molecule has 3 aromatic rings. The molecule has 2 aromatic carbocycles. The van der Waals surface area contributed by atoms with Crippen LogP contribution in [0.2, 0.25) is 0 Å². The van der Waals surface area contributed by atoms with E-state index < -0.39 is 0 Å². The summed E-state index contributed by atoms with van der Waals surface area (Å²) in [7, 11) is 4.03. The van der Waals surface area contributed by atoms with Gasteiger partial charge in [-0.25, -0.2) is 0 Å². The Balaban J connectivity index is 0.00000144. The average Bonchev–Trinajstić information content (AvgIpc) is 2.50. The lowest BCUT2D eigenvalue weighted by atomic mass is 10.1. The zero-order chi connectivity index (χ0) is 15.7. The van der Waals surface area contributed by atoms with E-state index in [1.54, 1.807) is 0 Å². The van der Waals surface area contributed by atoms with Crippen LogP contribution in [0.15, 0.2) is 41.2 Å². The number of rotatable bonds is 4. The normalized spacial score (nSPS) is 10.5. The third kappa shape index (κ3) is 3.75. The number of fused-ring (bicyclic) bond motifs is 2. The number of nitrogens with two attached hydrogens (primary N) is 1. The molecule has 0 aliphatic heterocycles. The number of halogens is 2. The van der Waals surface area contributed by atoms with Gasteiger partial charge in [0.25, 0.3) is 0 Å². The van der Waals surface area contributed by atoms with Crippen LogP contribution in [0.4, 0.5) is 11.4 Å². The quantitative estimate of drug-likeness (QED) is 0.488. The lowest BCUT2D eigenvalue weighted by Crippen LogP contribution is -2.21. The van der Waals surface area contributed by atoms with E-state index in [0.29, 0.717) is 22.0 Å². The average molecular weight is 369 g/mol. The Morgan fingerprint density at radius 1 is 1.12 bits per heavy atom. The molecule has 1 heterocycles. The number of likely N-dealkylation sites (N-methyl/N-ethyl adjacent to an activating group) is 1. The second kappa shape index (κ2) is 8.24. The number of hydrogen-bond donors (Lipinski definition) is 3. The molecule has 0 saturated carbocycles. The summed E-state index contributed by atoms with van der Waals surface area (Å²) in [6.45, 7) is 1.65. The fourth-order valence-corrected chi connectivity index (χ4v) is 2.61. The number of benzene rings is 2. The Hall–Kier alpha value is -1.95. The van der Waals surface area contributed by atoms with E-state index in [4.69, 9.17) is 5.73 Å². The minimum absolute atomic E-state index is 0. The van der Waals surface area contributed by atoms with Crippen molar-refractivity contribution in [2.75, 3.05) is 38.2 Å². The molecular formula is C17H22Cl2N4O. The second-order valence-electron chi connectivity index (χ2n) is 5.68. The van der Waals surface area contributed by atoms with Crippen LogP contribution in [-0.2, 0) is 0 Å². The Labute approximate surface area is 153 Å². The standard InChI is InChI=1S/C17H20N4O.2ClH/c1-21(2)10-9-19-14-8-7-12(18)16-15(14)17(22)11-5-3-4-6-13(11)20-16;;/h3-8,19H,9-10,18H2,1-2H3,(H,20,22);2*1H. The first-order valence-electron chi connectivity index (χ1n) is 7.30. The lowest BCUT2D eigenvalue weighted by Gasteiger charge is -2.14. The highest BCUT2D eigenvalue weighted by Gasteiger charge is 2.11. The zero-order valence-electron chi connectivity index (χ0n) is 13.6. The van der Waals surface area contributed by atoms with Crippen molar-refractivity contribution < 1.29 is 0 Å². The van der Waals surface area contributed by atoms with Crippen LogP contribution in [0.1, 0.15) is 0 Å². The van der Waals surface area contributed by atoms with Crippen molar-refractivity contribution in [3.8, 4) is 0 Å². The largest absolute Gasteiger partial charge is 0.397 e. The SMILES string of the molecule is CN(C)CCNc1ccc(N)c2[nH]c3ccccc3c(=O)c12.Cl.Cl. The molecule has 0 radical (unpaired) electrons. The van der Waals surface area contributed by atoms with E-state index in [2.05, 4.69) is 15.2 Å². The first-order chi connectivity index (χ1) is 10.6. The van der Waals surface area contributed by atoms with Crippen LogP contribution in [0.3, 0.4) is 0 Å². The molecule has 0 spiro atoms. The molecule has 24 heavy (non-hydrogen) atoms. The number of aromatic nitrogens is 1. The third-order valence-electron chi connectivity index (χ3n) is 3.77. The van der Waals surface area contributed by atoms with Crippen molar-refractivity contribution in [3.63, 3.8) is 0 Å². The molecule has 0 atom stereocenters. The van der Waals surface area contributed by atoms with Gasteiger partial charge >= 0.3 is 0 Å². The molecule has 0 saturated heterocycles. The summed E-state index contributed by atoms with van der Waals surface area (Å²) in [5.41, 5.74) is 8.95. The summed E-state index contributed by atoms with van der Waals surface area (Å²) in [6, 6.07) is 11.2. The highest BCUT2D eigenvalue weighted by molar-refractivity contribution is 6.04. The molecule has 0 fully saturated rings. The Morgan fingerprint density at radius 3 is 2.54 bits per heavy atom. The maximum atomic E-state index is 12.8. The van der Waals surface area contributed by atoms with Gasteiger partial charge < -0.3 is 20.9 Å². The van der Waals surface area contributed by atoms with Crippen LogP contribution in [0.25, 0.3) is 21.8 Å². The minimum atomic E-state index is 0. The smallest absolute Gasteiger partial charge is 0.199 e. The fraction of sp³-hybridized carbons (Fsp3) is 0.235. The Bertz CT molecular complexity index is 893. The van der Waals surface area contributed by atoms with E-state index in [1.165, 1.54) is 0 Å². The van der Waals surface area contributed by atoms with Gasteiger partial charge in [0.05, 0.1) is 16.6 Å². The molecule has 7 heteroatoms. The molecule has 0 amide bonds. The predicted octanol–water partition coefficient (Wildman–Crippen LogP) is 3.08. The molecule has 0 aliphatic carbocycles. The van der Waals surface area contributed by atoms with Crippen LogP contribution < -0.4 is 16.5 Å². The van der Waals surface area contributed by atoms with E-state index in [-0.39, 0.29) is 30.2 Å². The molecule has 0 aliphatic rings. The number of H-pyrrole nitrogens is 1. The van der Waals surface area contributed by atoms with Crippen molar-refractivity contribution in [2.45, 2.75) is 0 Å². The summed E-state index contributed by atoms with van der Waals surface area (Å²) >= 11 is 0. The van der Waals surface area contributed by atoms with Crippen LogP contribution in [0, 0.1) is 0 Å². The lowest BCUT2D eigenvalue weighted by molar-refractivity contribution is 0.425. The monoisotopic (exact) mass is 368 g/mol. The van der Waals surface area contributed by atoms with Gasteiger partial charge in [0.15, 0.2) is 5.43 Å². The van der Waals surface area contributed by atoms with Crippen molar-refractivity contribution >= 4 is 58.0 Å². The minimum Gasteiger partial charge on any atom is -0.397 e.